The molecular formula is C18H20ClN3O2. The number of rotatable bonds is 4. The molecule has 1 aromatic heterocycles. The van der Waals surface area contributed by atoms with E-state index in [1.54, 1.807) is 0 Å². The van der Waals surface area contributed by atoms with E-state index in [-0.39, 0.29) is 11.4 Å². The standard InChI is InChI=1S/C18H20ClN3O2/c19-13-6-4-12(5-7-13)10-18(8-9-24-11-18)20-17(23)16-14-2-1-3-15(14)21-22-16/h4-7H,1-3,8-11H2,(H,20,23)(H,21,22). The Morgan fingerprint density at radius 3 is 2.92 bits per heavy atom. The normalized spacial score (nSPS) is 22.5. The summed E-state index contributed by atoms with van der Waals surface area (Å²) >= 11 is 5.96. The molecule has 126 valence electrons. The first-order valence-electron chi connectivity index (χ1n) is 8.36. The highest BCUT2D eigenvalue weighted by Gasteiger charge is 2.38. The van der Waals surface area contributed by atoms with Crippen LogP contribution in [0.1, 0.15) is 40.2 Å². The van der Waals surface area contributed by atoms with E-state index in [1.165, 1.54) is 0 Å². The zero-order chi connectivity index (χ0) is 16.6. The smallest absolute Gasteiger partial charge is 0.272 e. The van der Waals surface area contributed by atoms with Gasteiger partial charge in [-0.1, -0.05) is 23.7 Å². The quantitative estimate of drug-likeness (QED) is 0.895. The van der Waals surface area contributed by atoms with Gasteiger partial charge >= 0.3 is 0 Å². The highest BCUT2D eigenvalue weighted by molar-refractivity contribution is 6.30. The zero-order valence-electron chi connectivity index (χ0n) is 13.4. The second-order valence-corrected chi connectivity index (χ2v) is 7.16. The van der Waals surface area contributed by atoms with Gasteiger partial charge < -0.3 is 10.1 Å². The lowest BCUT2D eigenvalue weighted by atomic mass is 9.89. The minimum absolute atomic E-state index is 0.103. The summed E-state index contributed by atoms with van der Waals surface area (Å²) in [7, 11) is 0. The van der Waals surface area contributed by atoms with E-state index in [0.717, 1.165) is 48.9 Å². The van der Waals surface area contributed by atoms with Gasteiger partial charge in [-0.3, -0.25) is 9.89 Å². The van der Waals surface area contributed by atoms with Crippen molar-refractivity contribution in [3.63, 3.8) is 0 Å². The molecule has 24 heavy (non-hydrogen) atoms. The average Bonchev–Trinajstić information content (AvgIpc) is 3.26. The molecule has 1 unspecified atom stereocenters. The van der Waals surface area contributed by atoms with Gasteiger partial charge in [0, 0.05) is 22.9 Å². The molecule has 1 amide bonds. The first-order chi connectivity index (χ1) is 11.7. The minimum Gasteiger partial charge on any atom is -0.379 e. The van der Waals surface area contributed by atoms with E-state index in [4.69, 9.17) is 16.3 Å². The van der Waals surface area contributed by atoms with Crippen LogP contribution in [0.2, 0.25) is 5.02 Å². The van der Waals surface area contributed by atoms with E-state index in [1.807, 2.05) is 24.3 Å². The van der Waals surface area contributed by atoms with Crippen molar-refractivity contribution in [2.45, 2.75) is 37.6 Å². The number of nitrogens with zero attached hydrogens (tertiary/aromatic N) is 1. The summed E-state index contributed by atoms with van der Waals surface area (Å²) in [5.41, 5.74) is 3.49. The molecule has 0 saturated carbocycles. The number of benzene rings is 1. The van der Waals surface area contributed by atoms with Crippen LogP contribution in [0.5, 0.6) is 0 Å². The van der Waals surface area contributed by atoms with Crippen molar-refractivity contribution in [2.24, 2.45) is 0 Å². The molecule has 0 bridgehead atoms. The summed E-state index contributed by atoms with van der Waals surface area (Å²) in [4.78, 5) is 12.8. The number of amides is 1. The highest BCUT2D eigenvalue weighted by Crippen LogP contribution is 2.27. The third-order valence-corrected chi connectivity index (χ3v) is 5.21. The fourth-order valence-corrected chi connectivity index (χ4v) is 3.82. The molecule has 1 aliphatic carbocycles. The maximum absolute atomic E-state index is 12.8. The van der Waals surface area contributed by atoms with Crippen LogP contribution in [-0.4, -0.2) is 34.9 Å². The van der Waals surface area contributed by atoms with Gasteiger partial charge in [0.1, 0.15) is 0 Å². The Kier molecular flexibility index (Phi) is 4.06. The molecule has 2 heterocycles. The summed E-state index contributed by atoms with van der Waals surface area (Å²) in [6.07, 6.45) is 4.52. The number of nitrogens with one attached hydrogen (secondary N) is 2. The van der Waals surface area contributed by atoms with Crippen molar-refractivity contribution in [1.29, 1.82) is 0 Å². The summed E-state index contributed by atoms with van der Waals surface area (Å²) < 4.78 is 5.60. The molecule has 5 nitrogen and oxygen atoms in total. The third kappa shape index (κ3) is 2.94. The van der Waals surface area contributed by atoms with E-state index in [2.05, 4.69) is 15.5 Å². The van der Waals surface area contributed by atoms with Crippen LogP contribution in [-0.2, 0) is 24.0 Å². The van der Waals surface area contributed by atoms with Crippen LogP contribution in [0.3, 0.4) is 0 Å². The summed E-state index contributed by atoms with van der Waals surface area (Å²) in [6, 6.07) is 7.76. The van der Waals surface area contributed by atoms with Gasteiger partial charge in [-0.25, -0.2) is 0 Å². The Hall–Kier alpha value is -1.85. The molecule has 0 radical (unpaired) electrons. The fraction of sp³-hybridized carbons (Fsp3) is 0.444. The SMILES string of the molecule is O=C(NC1(Cc2ccc(Cl)cc2)CCOC1)c1n[nH]c2c1CCC2. The molecule has 2 aromatic rings. The Balaban J connectivity index is 1.54. The number of aromatic amines is 1. The molecule has 6 heteroatoms. The van der Waals surface area contributed by atoms with Crippen molar-refractivity contribution >= 4 is 17.5 Å². The number of H-pyrrole nitrogens is 1. The molecule has 2 N–H and O–H groups in total. The van der Waals surface area contributed by atoms with Crippen molar-refractivity contribution < 1.29 is 9.53 Å². The zero-order valence-corrected chi connectivity index (χ0v) is 14.2. The fourth-order valence-electron chi connectivity index (χ4n) is 3.69. The molecule has 2 aliphatic rings. The Bertz CT molecular complexity index is 748. The maximum Gasteiger partial charge on any atom is 0.272 e. The second-order valence-electron chi connectivity index (χ2n) is 6.72. The van der Waals surface area contributed by atoms with E-state index in [9.17, 15) is 4.79 Å². The average molecular weight is 346 g/mol. The van der Waals surface area contributed by atoms with E-state index in [0.29, 0.717) is 23.9 Å². The Labute approximate surface area is 145 Å². The largest absolute Gasteiger partial charge is 0.379 e. The van der Waals surface area contributed by atoms with Crippen LogP contribution in [0.25, 0.3) is 0 Å². The van der Waals surface area contributed by atoms with Gasteiger partial charge in [-0.2, -0.15) is 5.10 Å². The van der Waals surface area contributed by atoms with Crippen LogP contribution < -0.4 is 5.32 Å². The van der Waals surface area contributed by atoms with E-state index >= 15 is 0 Å². The molecule has 1 fully saturated rings. The van der Waals surface area contributed by atoms with Crippen molar-refractivity contribution in [3.8, 4) is 0 Å². The van der Waals surface area contributed by atoms with Crippen molar-refractivity contribution in [2.75, 3.05) is 13.2 Å². The second kappa shape index (κ2) is 6.22. The number of ether oxygens (including phenoxy) is 1. The Morgan fingerprint density at radius 1 is 1.33 bits per heavy atom. The number of carbonyl (C=O) groups excluding carboxylic acids is 1. The molecule has 0 spiro atoms. The summed E-state index contributed by atoms with van der Waals surface area (Å²) in [5.74, 6) is -0.103. The lowest BCUT2D eigenvalue weighted by molar-refractivity contribution is 0.0871. The van der Waals surface area contributed by atoms with Crippen LogP contribution in [0, 0.1) is 0 Å². The number of fused-ring (bicyclic) bond motifs is 1. The van der Waals surface area contributed by atoms with Gasteiger partial charge in [0.05, 0.1) is 12.1 Å². The molecular weight excluding hydrogens is 326 g/mol. The molecule has 4 rings (SSSR count). The van der Waals surface area contributed by atoms with Crippen molar-refractivity contribution in [3.05, 3.63) is 51.8 Å². The lowest BCUT2D eigenvalue weighted by Crippen LogP contribution is -2.51. The van der Waals surface area contributed by atoms with Gasteiger partial charge in [-0.15, -0.1) is 0 Å². The molecule has 1 atom stereocenters. The van der Waals surface area contributed by atoms with Crippen molar-refractivity contribution in [1.82, 2.24) is 15.5 Å². The number of hydrogen-bond acceptors (Lipinski definition) is 3. The first kappa shape index (κ1) is 15.7. The van der Waals surface area contributed by atoms with Crippen LogP contribution >= 0.6 is 11.6 Å². The van der Waals surface area contributed by atoms with Gasteiger partial charge in [0.15, 0.2) is 5.69 Å². The number of aryl methyl sites for hydroxylation is 1. The van der Waals surface area contributed by atoms with Crippen LogP contribution in [0.4, 0.5) is 0 Å². The highest BCUT2D eigenvalue weighted by atomic mass is 35.5. The number of halogens is 1. The monoisotopic (exact) mass is 345 g/mol. The lowest BCUT2D eigenvalue weighted by Gasteiger charge is -2.29. The minimum atomic E-state index is -0.380. The topological polar surface area (TPSA) is 67.0 Å². The maximum atomic E-state index is 12.8. The predicted molar refractivity (Wildman–Crippen MR) is 91.4 cm³/mol. The van der Waals surface area contributed by atoms with Gasteiger partial charge in [0.25, 0.3) is 5.91 Å². The Morgan fingerprint density at radius 2 is 2.17 bits per heavy atom. The van der Waals surface area contributed by atoms with Gasteiger partial charge in [0.2, 0.25) is 0 Å². The molecule has 1 aromatic carbocycles. The third-order valence-electron chi connectivity index (χ3n) is 4.96. The summed E-state index contributed by atoms with van der Waals surface area (Å²) in [5, 5.41) is 11.2. The summed E-state index contributed by atoms with van der Waals surface area (Å²) in [6.45, 7) is 1.18. The number of aromatic nitrogens is 2. The number of hydrogen-bond donors (Lipinski definition) is 2. The predicted octanol–water partition coefficient (Wildman–Crippen LogP) is 2.68. The van der Waals surface area contributed by atoms with Crippen LogP contribution in [0.15, 0.2) is 24.3 Å². The number of carbonyl (C=O) groups is 1. The van der Waals surface area contributed by atoms with Gasteiger partial charge in [-0.05, 0) is 49.8 Å². The van der Waals surface area contributed by atoms with E-state index < -0.39 is 0 Å². The first-order valence-corrected chi connectivity index (χ1v) is 8.74. The molecule has 1 saturated heterocycles. The molecule has 1 aliphatic heterocycles.